The third-order valence-electron chi connectivity index (χ3n) is 3.49. The van der Waals surface area contributed by atoms with Crippen molar-refractivity contribution in [1.29, 1.82) is 0 Å². The largest absolute Gasteiger partial charge is 0.365 e. The van der Waals surface area contributed by atoms with Crippen molar-refractivity contribution < 1.29 is 10.2 Å². The van der Waals surface area contributed by atoms with E-state index in [0.717, 1.165) is 12.8 Å². The van der Waals surface area contributed by atoms with E-state index >= 15 is 0 Å². The van der Waals surface area contributed by atoms with Crippen LogP contribution in [0.2, 0.25) is 0 Å². The quantitative estimate of drug-likeness (QED) is 0.673. The minimum absolute atomic E-state index is 0.350. The van der Waals surface area contributed by atoms with Crippen molar-refractivity contribution in [3.8, 4) is 0 Å². The minimum atomic E-state index is -1.59. The summed E-state index contributed by atoms with van der Waals surface area (Å²) in [6, 6.07) is 0. The Morgan fingerprint density at radius 2 is 1.50 bits per heavy atom. The van der Waals surface area contributed by atoms with Crippen LogP contribution in [0.25, 0.3) is 0 Å². The molecule has 2 N–H and O–H groups in total. The van der Waals surface area contributed by atoms with Gasteiger partial charge in [-0.25, -0.2) is 0 Å². The lowest BCUT2D eigenvalue weighted by atomic mass is 9.68. The molecule has 1 unspecified atom stereocenters. The highest BCUT2D eigenvalue weighted by molar-refractivity contribution is 4.87. The van der Waals surface area contributed by atoms with E-state index in [4.69, 9.17) is 0 Å². The predicted molar refractivity (Wildman–Crippen MR) is 59.9 cm³/mol. The number of rotatable bonds is 5. The fourth-order valence-corrected chi connectivity index (χ4v) is 1.93. The molecule has 0 aromatic heterocycles. The summed E-state index contributed by atoms with van der Waals surface area (Å²) in [5.74, 6) is -0.646. The average molecular weight is 202 g/mol. The normalized spacial score (nSPS) is 16.1. The van der Waals surface area contributed by atoms with Crippen LogP contribution in [0.4, 0.5) is 0 Å². The fourth-order valence-electron chi connectivity index (χ4n) is 1.93. The molecule has 0 fully saturated rings. The van der Waals surface area contributed by atoms with Crippen LogP contribution in [0.3, 0.4) is 0 Å². The monoisotopic (exact) mass is 202 g/mol. The predicted octanol–water partition coefficient (Wildman–Crippen LogP) is 2.79. The van der Waals surface area contributed by atoms with E-state index in [9.17, 15) is 10.2 Å². The van der Waals surface area contributed by atoms with Crippen LogP contribution in [0.1, 0.15) is 54.4 Å². The van der Waals surface area contributed by atoms with Crippen LogP contribution in [-0.4, -0.2) is 16.0 Å². The molecule has 0 aliphatic rings. The fraction of sp³-hybridized carbons (Fsp3) is 1.00. The molecule has 86 valence electrons. The molecule has 0 aliphatic carbocycles. The van der Waals surface area contributed by atoms with Gasteiger partial charge in [-0.05, 0) is 25.2 Å². The molecule has 0 saturated carbocycles. The molecule has 0 aliphatic heterocycles. The maximum Gasteiger partial charge on any atom is 0.165 e. The van der Waals surface area contributed by atoms with Crippen molar-refractivity contribution in [3.05, 3.63) is 0 Å². The van der Waals surface area contributed by atoms with E-state index in [2.05, 4.69) is 20.8 Å². The first kappa shape index (κ1) is 13.9. The molecule has 0 spiro atoms. The summed E-state index contributed by atoms with van der Waals surface area (Å²) in [5.41, 5.74) is -0.452. The van der Waals surface area contributed by atoms with Gasteiger partial charge in [0.1, 0.15) is 0 Å². The van der Waals surface area contributed by atoms with Crippen LogP contribution in [0.15, 0.2) is 0 Å². The van der Waals surface area contributed by atoms with Gasteiger partial charge in [0.2, 0.25) is 0 Å². The second-order valence-electron chi connectivity index (χ2n) is 5.48. The van der Waals surface area contributed by atoms with Crippen molar-refractivity contribution in [3.63, 3.8) is 0 Å². The van der Waals surface area contributed by atoms with Crippen LogP contribution >= 0.6 is 0 Å². The standard InChI is InChI=1S/C12H26O2/c1-7-10(8-9(2)3)11(4,5)12(6,13)14/h9-10,13-14H,7-8H2,1-6H3. The van der Waals surface area contributed by atoms with Gasteiger partial charge in [0.25, 0.3) is 0 Å². The molecule has 0 saturated heterocycles. The molecule has 0 radical (unpaired) electrons. The Bertz CT molecular complexity index is 166. The summed E-state index contributed by atoms with van der Waals surface area (Å²) in [6.45, 7) is 11.8. The third kappa shape index (κ3) is 3.25. The highest BCUT2D eigenvalue weighted by Gasteiger charge is 2.43. The zero-order valence-corrected chi connectivity index (χ0v) is 10.5. The number of hydrogen-bond acceptors (Lipinski definition) is 2. The minimum Gasteiger partial charge on any atom is -0.365 e. The van der Waals surface area contributed by atoms with E-state index in [-0.39, 0.29) is 0 Å². The van der Waals surface area contributed by atoms with Crippen molar-refractivity contribution >= 4 is 0 Å². The molecule has 14 heavy (non-hydrogen) atoms. The topological polar surface area (TPSA) is 40.5 Å². The maximum absolute atomic E-state index is 9.72. The Balaban J connectivity index is 4.66. The lowest BCUT2D eigenvalue weighted by Gasteiger charge is -2.42. The molecule has 1 atom stereocenters. The first-order valence-corrected chi connectivity index (χ1v) is 5.57. The van der Waals surface area contributed by atoms with Crippen molar-refractivity contribution in [2.75, 3.05) is 0 Å². The van der Waals surface area contributed by atoms with Gasteiger partial charge in [-0.15, -0.1) is 0 Å². The smallest absolute Gasteiger partial charge is 0.165 e. The maximum atomic E-state index is 9.72. The SMILES string of the molecule is CCC(CC(C)C)C(C)(C)C(C)(O)O. The Morgan fingerprint density at radius 1 is 1.07 bits per heavy atom. The molecule has 0 heterocycles. The summed E-state index contributed by atoms with van der Waals surface area (Å²) < 4.78 is 0. The summed E-state index contributed by atoms with van der Waals surface area (Å²) >= 11 is 0. The molecular formula is C12H26O2. The van der Waals surface area contributed by atoms with E-state index in [1.54, 1.807) is 0 Å². The Hall–Kier alpha value is -0.0800. The summed E-state index contributed by atoms with van der Waals surface area (Å²) in [5, 5.41) is 19.4. The molecule has 0 aromatic rings. The van der Waals surface area contributed by atoms with Gasteiger partial charge in [0.05, 0.1) is 0 Å². The van der Waals surface area contributed by atoms with Gasteiger partial charge in [-0.3, -0.25) is 0 Å². The van der Waals surface area contributed by atoms with Gasteiger partial charge in [0.15, 0.2) is 5.79 Å². The van der Waals surface area contributed by atoms with E-state index < -0.39 is 11.2 Å². The second-order valence-corrected chi connectivity index (χ2v) is 5.48. The molecule has 2 heteroatoms. The number of hydrogen-bond donors (Lipinski definition) is 2. The van der Waals surface area contributed by atoms with Crippen molar-refractivity contribution in [2.45, 2.75) is 60.2 Å². The van der Waals surface area contributed by atoms with Crippen molar-refractivity contribution in [1.82, 2.24) is 0 Å². The van der Waals surface area contributed by atoms with Gasteiger partial charge in [0, 0.05) is 5.41 Å². The number of aliphatic hydroxyl groups is 2. The van der Waals surface area contributed by atoms with Gasteiger partial charge in [-0.2, -0.15) is 0 Å². The van der Waals surface area contributed by atoms with Crippen LogP contribution < -0.4 is 0 Å². The van der Waals surface area contributed by atoms with Crippen LogP contribution in [0.5, 0.6) is 0 Å². The van der Waals surface area contributed by atoms with Gasteiger partial charge < -0.3 is 10.2 Å². The van der Waals surface area contributed by atoms with E-state index in [1.807, 2.05) is 13.8 Å². The first-order valence-electron chi connectivity index (χ1n) is 5.57. The summed E-state index contributed by atoms with van der Waals surface area (Å²) in [7, 11) is 0. The van der Waals surface area contributed by atoms with E-state index in [0.29, 0.717) is 11.8 Å². The lowest BCUT2D eigenvalue weighted by Crippen LogP contribution is -2.46. The Morgan fingerprint density at radius 3 is 1.71 bits per heavy atom. The van der Waals surface area contributed by atoms with Crippen LogP contribution in [0, 0.1) is 17.3 Å². The highest BCUT2D eigenvalue weighted by Crippen LogP contribution is 2.41. The summed E-state index contributed by atoms with van der Waals surface area (Å²) in [4.78, 5) is 0. The average Bonchev–Trinajstić information content (AvgIpc) is 1.97. The van der Waals surface area contributed by atoms with Gasteiger partial charge in [-0.1, -0.05) is 41.0 Å². The molecule has 2 nitrogen and oxygen atoms in total. The van der Waals surface area contributed by atoms with E-state index in [1.165, 1.54) is 6.92 Å². The molecule has 0 amide bonds. The van der Waals surface area contributed by atoms with Gasteiger partial charge >= 0.3 is 0 Å². The molecule has 0 bridgehead atoms. The van der Waals surface area contributed by atoms with Crippen LogP contribution in [-0.2, 0) is 0 Å². The molecule has 0 rings (SSSR count). The zero-order valence-electron chi connectivity index (χ0n) is 10.5. The zero-order chi connectivity index (χ0) is 11.6. The second kappa shape index (κ2) is 4.63. The summed E-state index contributed by atoms with van der Waals surface area (Å²) in [6.07, 6.45) is 2.03. The third-order valence-corrected chi connectivity index (χ3v) is 3.49. The molecular weight excluding hydrogens is 176 g/mol. The van der Waals surface area contributed by atoms with Crippen molar-refractivity contribution in [2.24, 2.45) is 17.3 Å². The highest BCUT2D eigenvalue weighted by atomic mass is 16.5. The Kier molecular flexibility index (Phi) is 4.60. The lowest BCUT2D eigenvalue weighted by molar-refractivity contribution is -0.237. The Labute approximate surface area is 88.3 Å². The first-order chi connectivity index (χ1) is 6.13. The molecule has 0 aromatic carbocycles.